The molecule has 2 aromatic heterocycles. The summed E-state index contributed by atoms with van der Waals surface area (Å²) in [5, 5.41) is 6.76. The molecule has 3 heteroatoms. The Kier molecular flexibility index (Phi) is 8.67. The van der Waals surface area contributed by atoms with Crippen LogP contribution in [0.4, 0.5) is 17.1 Å². The van der Waals surface area contributed by atoms with Crippen LogP contribution in [0.25, 0.3) is 94.1 Å². The zero-order valence-corrected chi connectivity index (χ0v) is 35.5. The van der Waals surface area contributed by atoms with Crippen molar-refractivity contribution in [3.63, 3.8) is 0 Å². The summed E-state index contributed by atoms with van der Waals surface area (Å²) in [5.74, 6) is 0.335. The van der Waals surface area contributed by atoms with Crippen LogP contribution in [0.1, 0.15) is 29.0 Å². The van der Waals surface area contributed by atoms with Gasteiger partial charge in [-0.05, 0) is 105 Å². The summed E-state index contributed by atoms with van der Waals surface area (Å²) in [7, 11) is 0. The molecule has 13 rings (SSSR count). The van der Waals surface area contributed by atoms with Gasteiger partial charge in [0.25, 0.3) is 0 Å². The molecule has 0 saturated heterocycles. The molecule has 1 aliphatic carbocycles. The van der Waals surface area contributed by atoms with E-state index in [4.69, 9.17) is 8.83 Å². The van der Waals surface area contributed by atoms with Gasteiger partial charge in [-0.25, -0.2) is 0 Å². The molecule has 10 aromatic carbocycles. The van der Waals surface area contributed by atoms with Gasteiger partial charge in [0.2, 0.25) is 0 Å². The zero-order valence-electron chi connectivity index (χ0n) is 35.5. The maximum atomic E-state index is 6.92. The number of allylic oxidation sites excluding steroid dienone is 1. The Bertz CT molecular complexity index is 3810. The fourth-order valence-corrected chi connectivity index (χ4v) is 10.3. The highest BCUT2D eigenvalue weighted by molar-refractivity contribution is 6.17. The quantitative estimate of drug-likeness (QED) is 0.160. The smallest absolute Gasteiger partial charge is 0.143 e. The van der Waals surface area contributed by atoms with Crippen molar-refractivity contribution in [1.29, 1.82) is 0 Å². The Hall–Kier alpha value is -8.40. The van der Waals surface area contributed by atoms with E-state index in [1.54, 1.807) is 0 Å². The van der Waals surface area contributed by atoms with Crippen LogP contribution in [0.15, 0.2) is 233 Å². The lowest BCUT2D eigenvalue weighted by Gasteiger charge is -2.28. The summed E-state index contributed by atoms with van der Waals surface area (Å²) >= 11 is 0. The van der Waals surface area contributed by atoms with Gasteiger partial charge in [0.05, 0.1) is 5.69 Å². The van der Waals surface area contributed by atoms with Crippen molar-refractivity contribution < 1.29 is 8.83 Å². The van der Waals surface area contributed by atoms with E-state index in [1.165, 1.54) is 33.2 Å². The van der Waals surface area contributed by atoms with Gasteiger partial charge in [0.15, 0.2) is 0 Å². The highest BCUT2D eigenvalue weighted by atomic mass is 16.3. The summed E-state index contributed by atoms with van der Waals surface area (Å²) in [4.78, 5) is 2.38. The highest BCUT2D eigenvalue weighted by Gasteiger charge is 2.22. The number of hydrogen-bond acceptors (Lipinski definition) is 3. The number of fused-ring (bicyclic) bond motifs is 9. The number of rotatable bonds is 7. The number of benzene rings is 10. The van der Waals surface area contributed by atoms with Crippen LogP contribution in [0.5, 0.6) is 0 Å². The molecule has 1 atom stereocenters. The molecule has 0 aliphatic heterocycles. The van der Waals surface area contributed by atoms with E-state index in [9.17, 15) is 0 Å². The Morgan fingerprint density at radius 3 is 1.91 bits per heavy atom. The Labute approximate surface area is 376 Å². The minimum absolute atomic E-state index is 0.335. The van der Waals surface area contributed by atoms with Gasteiger partial charge in [0, 0.05) is 55.4 Å². The normalized spacial score (nSPS) is 13.6. The Morgan fingerprint density at radius 1 is 0.400 bits per heavy atom. The van der Waals surface area contributed by atoms with Crippen molar-refractivity contribution in [2.45, 2.75) is 12.3 Å². The van der Waals surface area contributed by atoms with Gasteiger partial charge in [-0.1, -0.05) is 176 Å². The van der Waals surface area contributed by atoms with Crippen LogP contribution in [0.2, 0.25) is 0 Å². The maximum absolute atomic E-state index is 6.92. The van der Waals surface area contributed by atoms with E-state index in [-0.39, 0.29) is 0 Å². The maximum Gasteiger partial charge on any atom is 0.143 e. The van der Waals surface area contributed by atoms with E-state index in [0.29, 0.717) is 5.92 Å². The van der Waals surface area contributed by atoms with Crippen LogP contribution >= 0.6 is 0 Å². The third kappa shape index (κ3) is 6.27. The van der Waals surface area contributed by atoms with Crippen LogP contribution in [-0.2, 0) is 0 Å². The first-order chi connectivity index (χ1) is 32.2. The monoisotopic (exact) mass is 831 g/mol. The molecular formula is C62H41NO2. The second kappa shape index (κ2) is 15.1. The van der Waals surface area contributed by atoms with E-state index in [1.807, 2.05) is 12.1 Å². The van der Waals surface area contributed by atoms with Crippen molar-refractivity contribution in [3.05, 3.63) is 241 Å². The summed E-state index contributed by atoms with van der Waals surface area (Å²) < 4.78 is 13.1. The van der Waals surface area contributed by atoms with Crippen molar-refractivity contribution in [1.82, 2.24) is 0 Å². The lowest BCUT2D eigenvalue weighted by Crippen LogP contribution is -2.11. The van der Waals surface area contributed by atoms with Gasteiger partial charge in [0.1, 0.15) is 22.3 Å². The van der Waals surface area contributed by atoms with Crippen molar-refractivity contribution in [2.24, 2.45) is 0 Å². The minimum Gasteiger partial charge on any atom is -0.456 e. The standard InChI is InChI=1S/C62H41NO2/c1-3-17-49-42(12-1)14-10-21-50(49)46-16-9-15-44(38-46)40-26-32-47(33-27-40)63(48-34-28-41(29-35-48)45-31-37-60-57(39-45)53-20-6-8-25-59(53)64-60)58-24-7-5-19-52(58)54-22-11-23-55-56-36-30-43-13-2-4-18-51(43)61(56)65-62(54)55/h1-20,22-39,50H,21H2. The number of hydrogen-bond donors (Lipinski definition) is 0. The Morgan fingerprint density at radius 2 is 1.05 bits per heavy atom. The van der Waals surface area contributed by atoms with Crippen molar-refractivity contribution in [2.75, 3.05) is 4.90 Å². The second-order valence-corrected chi connectivity index (χ2v) is 17.1. The zero-order chi connectivity index (χ0) is 42.8. The SMILES string of the molecule is C1=Cc2ccccc2C(c2cccc(-c3ccc(N(c4ccc(-c5ccc6oc7ccccc7c6c5)cc4)c4ccccc4-c4cccc5c4oc4c6ccccc6ccc54)cc3)c2)C1. The van der Waals surface area contributed by atoms with Crippen molar-refractivity contribution >= 4 is 77.8 Å². The van der Waals surface area contributed by atoms with Crippen LogP contribution in [-0.4, -0.2) is 0 Å². The topological polar surface area (TPSA) is 29.5 Å². The molecule has 0 fully saturated rings. The van der Waals surface area contributed by atoms with Gasteiger partial charge < -0.3 is 13.7 Å². The average Bonchev–Trinajstić information content (AvgIpc) is 3.96. The fraction of sp³-hybridized carbons (Fsp3) is 0.0323. The first-order valence-corrected chi connectivity index (χ1v) is 22.4. The highest BCUT2D eigenvalue weighted by Crippen LogP contribution is 2.46. The molecule has 306 valence electrons. The average molecular weight is 832 g/mol. The van der Waals surface area contributed by atoms with Gasteiger partial charge >= 0.3 is 0 Å². The fourth-order valence-electron chi connectivity index (χ4n) is 10.3. The van der Waals surface area contributed by atoms with Gasteiger partial charge in [-0.2, -0.15) is 0 Å². The minimum atomic E-state index is 0.335. The van der Waals surface area contributed by atoms with E-state index < -0.39 is 0 Å². The van der Waals surface area contributed by atoms with Crippen LogP contribution < -0.4 is 4.90 Å². The molecule has 1 aliphatic rings. The molecular weight excluding hydrogens is 791 g/mol. The lowest BCUT2D eigenvalue weighted by atomic mass is 9.81. The number of para-hydroxylation sites is 3. The van der Waals surface area contributed by atoms with E-state index in [0.717, 1.165) is 95.0 Å². The molecule has 1 unspecified atom stereocenters. The van der Waals surface area contributed by atoms with Crippen molar-refractivity contribution in [3.8, 4) is 33.4 Å². The van der Waals surface area contributed by atoms with Gasteiger partial charge in [-0.15, -0.1) is 0 Å². The third-order valence-corrected chi connectivity index (χ3v) is 13.4. The molecule has 0 spiro atoms. The lowest BCUT2D eigenvalue weighted by molar-refractivity contribution is 0.669. The second-order valence-electron chi connectivity index (χ2n) is 17.1. The summed E-state index contributed by atoms with van der Waals surface area (Å²) in [6.07, 6.45) is 5.57. The molecule has 3 nitrogen and oxygen atoms in total. The summed E-state index contributed by atoms with van der Waals surface area (Å²) in [6, 6.07) is 78.7. The molecule has 0 amide bonds. The molecule has 0 bridgehead atoms. The molecule has 65 heavy (non-hydrogen) atoms. The van der Waals surface area contributed by atoms with E-state index in [2.05, 4.69) is 223 Å². The number of anilines is 3. The van der Waals surface area contributed by atoms with Crippen LogP contribution in [0.3, 0.4) is 0 Å². The Balaban J connectivity index is 0.931. The molecule has 0 N–H and O–H groups in total. The predicted molar refractivity (Wildman–Crippen MR) is 271 cm³/mol. The number of furan rings is 2. The third-order valence-electron chi connectivity index (χ3n) is 13.4. The molecule has 12 aromatic rings. The predicted octanol–water partition coefficient (Wildman–Crippen LogP) is 17.7. The first kappa shape index (κ1) is 37.2. The molecule has 2 heterocycles. The number of nitrogens with zero attached hydrogens (tertiary/aromatic N) is 1. The summed E-state index contributed by atoms with van der Waals surface area (Å²) in [5.41, 5.74) is 17.6. The van der Waals surface area contributed by atoms with Gasteiger partial charge in [-0.3, -0.25) is 0 Å². The summed E-state index contributed by atoms with van der Waals surface area (Å²) in [6.45, 7) is 0. The first-order valence-electron chi connectivity index (χ1n) is 22.4. The molecule has 0 radical (unpaired) electrons. The largest absolute Gasteiger partial charge is 0.456 e. The molecule has 0 saturated carbocycles. The van der Waals surface area contributed by atoms with E-state index >= 15 is 0 Å². The van der Waals surface area contributed by atoms with Crippen LogP contribution in [0, 0.1) is 0 Å².